The molecule has 1 aromatic heterocycles. The minimum atomic E-state index is -0.214. The van der Waals surface area contributed by atoms with E-state index < -0.39 is 0 Å². The highest BCUT2D eigenvalue weighted by Crippen LogP contribution is 2.32. The topological polar surface area (TPSA) is 63.3 Å². The van der Waals surface area contributed by atoms with Crippen molar-refractivity contribution in [2.75, 3.05) is 14.2 Å². The third-order valence-electron chi connectivity index (χ3n) is 3.65. The van der Waals surface area contributed by atoms with Crippen LogP contribution in [0.4, 0.5) is 0 Å². The monoisotopic (exact) mass is 332 g/mol. The number of hydrogen-bond acceptors (Lipinski definition) is 4. The summed E-state index contributed by atoms with van der Waals surface area (Å²) >= 11 is 5.14. The Balaban J connectivity index is 2.27. The van der Waals surface area contributed by atoms with Gasteiger partial charge in [0.2, 0.25) is 0 Å². The predicted molar refractivity (Wildman–Crippen MR) is 91.8 cm³/mol. The molecule has 0 radical (unpaired) electrons. The zero-order valence-corrected chi connectivity index (χ0v) is 14.4. The Labute approximate surface area is 140 Å². The highest BCUT2D eigenvalue weighted by molar-refractivity contribution is 7.71. The molecule has 23 heavy (non-hydrogen) atoms. The maximum atomic E-state index is 12.4. The highest BCUT2D eigenvalue weighted by Gasteiger charge is 2.17. The molecule has 0 bridgehead atoms. The van der Waals surface area contributed by atoms with Crippen molar-refractivity contribution in [2.45, 2.75) is 19.9 Å². The number of methoxy groups -OCH3 is 2. The molecule has 0 aliphatic heterocycles. The molecule has 5 nitrogen and oxygen atoms in total. The van der Waals surface area contributed by atoms with Crippen LogP contribution in [0.25, 0.3) is 0 Å². The Bertz CT molecular complexity index is 771. The summed E-state index contributed by atoms with van der Waals surface area (Å²) in [4.78, 5) is 15.2. The Hall–Kier alpha value is -2.34. The zero-order chi connectivity index (χ0) is 17.0. The number of H-pyrrole nitrogens is 1. The van der Waals surface area contributed by atoms with E-state index in [1.54, 1.807) is 32.5 Å². The summed E-state index contributed by atoms with van der Waals surface area (Å²) in [5, 5.41) is 2.96. The smallest absolute Gasteiger partial charge is 0.254 e. The Morgan fingerprint density at radius 2 is 1.91 bits per heavy atom. The zero-order valence-electron chi connectivity index (χ0n) is 13.6. The van der Waals surface area contributed by atoms with Gasteiger partial charge in [-0.2, -0.15) is 0 Å². The van der Waals surface area contributed by atoms with Gasteiger partial charge in [0.1, 0.15) is 4.64 Å². The lowest BCUT2D eigenvalue weighted by Gasteiger charge is -2.19. The number of rotatable bonds is 5. The first-order valence-corrected chi connectivity index (χ1v) is 7.59. The van der Waals surface area contributed by atoms with Gasteiger partial charge in [0, 0.05) is 6.20 Å². The van der Waals surface area contributed by atoms with Crippen LogP contribution in [0.1, 0.15) is 34.5 Å². The lowest BCUT2D eigenvalue weighted by Crippen LogP contribution is -2.27. The number of aromatic nitrogens is 1. The summed E-state index contributed by atoms with van der Waals surface area (Å²) < 4.78 is 11.0. The number of carbonyl (C=O) groups excluding carboxylic acids is 1. The van der Waals surface area contributed by atoms with Gasteiger partial charge >= 0.3 is 0 Å². The first-order valence-electron chi connectivity index (χ1n) is 7.19. The van der Waals surface area contributed by atoms with E-state index in [9.17, 15) is 4.79 Å². The molecule has 1 unspecified atom stereocenters. The fourth-order valence-electron chi connectivity index (χ4n) is 2.42. The van der Waals surface area contributed by atoms with Crippen molar-refractivity contribution >= 4 is 18.1 Å². The standard InChI is InChI=1S/C17H20N2O3S/c1-10-8-14(21-3)15(22-4)9-13(10)11(2)19-16(20)12-6-5-7-18-17(12)23/h5-9,11H,1-4H3,(H,18,23)(H,19,20). The molecule has 0 aliphatic carbocycles. The molecule has 1 atom stereocenters. The number of hydrogen-bond donors (Lipinski definition) is 2. The van der Waals surface area contributed by atoms with E-state index in [1.165, 1.54) is 0 Å². The molecule has 0 saturated carbocycles. The molecule has 1 heterocycles. The van der Waals surface area contributed by atoms with E-state index in [4.69, 9.17) is 21.7 Å². The molecule has 0 spiro atoms. The van der Waals surface area contributed by atoms with Gasteiger partial charge in [-0.3, -0.25) is 4.79 Å². The average molecular weight is 332 g/mol. The van der Waals surface area contributed by atoms with Crippen LogP contribution in [0.2, 0.25) is 0 Å². The lowest BCUT2D eigenvalue weighted by atomic mass is 10.0. The third-order valence-corrected chi connectivity index (χ3v) is 3.99. The van der Waals surface area contributed by atoms with Crippen LogP contribution in [-0.4, -0.2) is 25.1 Å². The highest BCUT2D eigenvalue weighted by atomic mass is 32.1. The summed E-state index contributed by atoms with van der Waals surface area (Å²) in [7, 11) is 3.18. The first-order chi connectivity index (χ1) is 11.0. The number of ether oxygens (including phenoxy) is 2. The minimum Gasteiger partial charge on any atom is -0.493 e. The SMILES string of the molecule is COc1cc(C)c(C(C)NC(=O)c2ccc[nH]c2=S)cc1OC. The molecule has 1 amide bonds. The van der Waals surface area contributed by atoms with Gasteiger partial charge < -0.3 is 19.8 Å². The van der Waals surface area contributed by atoms with Crippen LogP contribution in [0.5, 0.6) is 11.5 Å². The molecule has 122 valence electrons. The van der Waals surface area contributed by atoms with Crippen molar-refractivity contribution in [3.05, 3.63) is 51.8 Å². The molecule has 2 rings (SSSR count). The molecular weight excluding hydrogens is 312 g/mol. The van der Waals surface area contributed by atoms with E-state index in [0.29, 0.717) is 21.7 Å². The van der Waals surface area contributed by atoms with E-state index >= 15 is 0 Å². The number of amides is 1. The summed E-state index contributed by atoms with van der Waals surface area (Å²) in [5.74, 6) is 1.08. The van der Waals surface area contributed by atoms with Gasteiger partial charge in [0.05, 0.1) is 25.8 Å². The van der Waals surface area contributed by atoms with Gasteiger partial charge in [-0.05, 0) is 49.2 Å². The Morgan fingerprint density at radius 3 is 2.52 bits per heavy atom. The van der Waals surface area contributed by atoms with Crippen LogP contribution < -0.4 is 14.8 Å². The summed E-state index contributed by atoms with van der Waals surface area (Å²) in [6, 6.07) is 7.02. The van der Waals surface area contributed by atoms with E-state index in [0.717, 1.165) is 11.1 Å². The van der Waals surface area contributed by atoms with Crippen molar-refractivity contribution in [1.29, 1.82) is 0 Å². The molecule has 2 aromatic rings. The Morgan fingerprint density at radius 1 is 1.26 bits per heavy atom. The molecule has 6 heteroatoms. The molecule has 1 aromatic carbocycles. The summed E-state index contributed by atoms with van der Waals surface area (Å²) in [6.45, 7) is 3.89. The van der Waals surface area contributed by atoms with Crippen molar-refractivity contribution in [1.82, 2.24) is 10.3 Å². The molecular formula is C17H20N2O3S. The lowest BCUT2D eigenvalue weighted by molar-refractivity contribution is 0.0939. The van der Waals surface area contributed by atoms with Gasteiger partial charge in [0.15, 0.2) is 11.5 Å². The molecule has 2 N–H and O–H groups in total. The maximum Gasteiger partial charge on any atom is 0.254 e. The minimum absolute atomic E-state index is 0.197. The second kappa shape index (κ2) is 7.28. The predicted octanol–water partition coefficient (Wildman–Crippen LogP) is 3.56. The van der Waals surface area contributed by atoms with Crippen LogP contribution in [0, 0.1) is 11.6 Å². The number of nitrogens with one attached hydrogen (secondary N) is 2. The van der Waals surface area contributed by atoms with Crippen LogP contribution in [0.15, 0.2) is 30.5 Å². The van der Waals surface area contributed by atoms with Gasteiger partial charge in [0.25, 0.3) is 5.91 Å². The van der Waals surface area contributed by atoms with Crippen molar-refractivity contribution in [2.24, 2.45) is 0 Å². The number of aryl methyl sites for hydroxylation is 1. The molecule has 0 aliphatic rings. The number of benzene rings is 1. The quantitative estimate of drug-likeness (QED) is 0.822. The van der Waals surface area contributed by atoms with Gasteiger partial charge in [-0.25, -0.2) is 0 Å². The van der Waals surface area contributed by atoms with Crippen LogP contribution in [0.3, 0.4) is 0 Å². The van der Waals surface area contributed by atoms with Crippen molar-refractivity contribution in [3.8, 4) is 11.5 Å². The summed E-state index contributed by atoms with van der Waals surface area (Å²) in [6.07, 6.45) is 1.70. The van der Waals surface area contributed by atoms with E-state index in [2.05, 4.69) is 10.3 Å². The maximum absolute atomic E-state index is 12.4. The Kier molecular flexibility index (Phi) is 5.39. The number of pyridine rings is 1. The number of aromatic amines is 1. The fraction of sp³-hybridized carbons (Fsp3) is 0.294. The molecule has 0 fully saturated rings. The first kappa shape index (κ1) is 17.0. The molecule has 0 saturated heterocycles. The van der Waals surface area contributed by atoms with Crippen LogP contribution >= 0.6 is 12.2 Å². The summed E-state index contributed by atoms with van der Waals surface area (Å²) in [5.41, 5.74) is 2.42. The second-order valence-corrected chi connectivity index (χ2v) is 5.58. The van der Waals surface area contributed by atoms with E-state index in [1.807, 2.05) is 26.0 Å². The largest absolute Gasteiger partial charge is 0.493 e. The second-order valence-electron chi connectivity index (χ2n) is 5.17. The van der Waals surface area contributed by atoms with Gasteiger partial charge in [-0.1, -0.05) is 12.2 Å². The fourth-order valence-corrected chi connectivity index (χ4v) is 2.64. The van der Waals surface area contributed by atoms with Crippen molar-refractivity contribution < 1.29 is 14.3 Å². The van der Waals surface area contributed by atoms with Crippen LogP contribution in [-0.2, 0) is 0 Å². The average Bonchev–Trinajstić information content (AvgIpc) is 2.54. The normalized spacial score (nSPS) is 11.7. The third kappa shape index (κ3) is 3.71. The number of carbonyl (C=O) groups is 1. The van der Waals surface area contributed by atoms with Gasteiger partial charge in [-0.15, -0.1) is 0 Å². The van der Waals surface area contributed by atoms with E-state index in [-0.39, 0.29) is 11.9 Å². The van der Waals surface area contributed by atoms with Crippen molar-refractivity contribution in [3.63, 3.8) is 0 Å².